The lowest BCUT2D eigenvalue weighted by Crippen LogP contribution is -2.48. The number of aromatic nitrogens is 5. The van der Waals surface area contributed by atoms with Gasteiger partial charge in [0, 0.05) is 38.4 Å². The predicted molar refractivity (Wildman–Crippen MR) is 158 cm³/mol. The molecule has 11 nitrogen and oxygen atoms in total. The molecule has 3 heterocycles. The standard InChI is InChI=1S/C30H30N8O3S/c31-42(39,40)27-13-11-26(12-14-27)38-21-25(34-35-38)22-41-28-15-16-32-30(33-28)37-19-17-36(18-20-37)29(23-7-3-1-4-8-23)24-9-5-2-6-10-24/h1-16,21,29H,17-20,22H2,(H2,31,39,40). The van der Waals surface area contributed by atoms with E-state index in [1.807, 2.05) is 0 Å². The first-order chi connectivity index (χ1) is 20.4. The van der Waals surface area contributed by atoms with Gasteiger partial charge in [-0.25, -0.2) is 23.2 Å². The molecule has 3 aromatic carbocycles. The fourth-order valence-corrected chi connectivity index (χ4v) is 5.57. The van der Waals surface area contributed by atoms with Crippen molar-refractivity contribution in [3.8, 4) is 11.6 Å². The Kier molecular flexibility index (Phi) is 7.91. The Labute approximate surface area is 244 Å². The van der Waals surface area contributed by atoms with Crippen molar-refractivity contribution in [2.45, 2.75) is 17.5 Å². The van der Waals surface area contributed by atoms with Crippen LogP contribution >= 0.6 is 0 Å². The number of nitrogens with zero attached hydrogens (tertiary/aromatic N) is 7. The summed E-state index contributed by atoms with van der Waals surface area (Å²) in [6.45, 7) is 3.47. The fourth-order valence-electron chi connectivity index (χ4n) is 5.06. The predicted octanol–water partition coefficient (Wildman–Crippen LogP) is 3.20. The molecule has 0 radical (unpaired) electrons. The summed E-state index contributed by atoms with van der Waals surface area (Å²) in [6.07, 6.45) is 3.41. The number of nitrogens with two attached hydrogens (primary N) is 1. The third kappa shape index (κ3) is 6.30. The zero-order chi connectivity index (χ0) is 28.9. The van der Waals surface area contributed by atoms with E-state index in [9.17, 15) is 8.42 Å². The highest BCUT2D eigenvalue weighted by Crippen LogP contribution is 2.30. The Morgan fingerprint density at radius 1 is 0.833 bits per heavy atom. The summed E-state index contributed by atoms with van der Waals surface area (Å²) in [7, 11) is -3.76. The fraction of sp³-hybridized carbons (Fsp3) is 0.200. The third-order valence-electron chi connectivity index (χ3n) is 7.15. The van der Waals surface area contributed by atoms with E-state index in [0.717, 1.165) is 26.2 Å². The molecule has 0 saturated carbocycles. The van der Waals surface area contributed by atoms with Crippen molar-refractivity contribution in [1.29, 1.82) is 0 Å². The van der Waals surface area contributed by atoms with Crippen LogP contribution in [0.15, 0.2) is 108 Å². The zero-order valence-corrected chi connectivity index (χ0v) is 23.6. The normalized spacial score (nSPS) is 14.3. The van der Waals surface area contributed by atoms with Gasteiger partial charge in [0.1, 0.15) is 12.3 Å². The molecule has 5 aromatic rings. The summed E-state index contributed by atoms with van der Waals surface area (Å²) < 4.78 is 30.4. The Morgan fingerprint density at radius 3 is 2.10 bits per heavy atom. The molecule has 6 rings (SSSR count). The van der Waals surface area contributed by atoms with Gasteiger partial charge in [0.2, 0.25) is 21.9 Å². The van der Waals surface area contributed by atoms with E-state index in [0.29, 0.717) is 23.2 Å². The summed E-state index contributed by atoms with van der Waals surface area (Å²) in [5, 5.41) is 13.4. The van der Waals surface area contributed by atoms with Gasteiger partial charge in [-0.05, 0) is 35.4 Å². The average molecular weight is 583 g/mol. The maximum absolute atomic E-state index is 11.5. The molecule has 1 aliphatic rings. The van der Waals surface area contributed by atoms with E-state index >= 15 is 0 Å². The molecule has 2 aromatic heterocycles. The van der Waals surface area contributed by atoms with Gasteiger partial charge < -0.3 is 9.64 Å². The molecular weight excluding hydrogens is 552 g/mol. The molecule has 1 fully saturated rings. The SMILES string of the molecule is NS(=O)(=O)c1ccc(-n2cc(COc3ccnc(N4CCN(C(c5ccccc5)c5ccccc5)CC4)n3)nn2)cc1. The maximum atomic E-state index is 11.5. The molecule has 2 N–H and O–H groups in total. The van der Waals surface area contributed by atoms with Gasteiger partial charge in [0.15, 0.2) is 0 Å². The van der Waals surface area contributed by atoms with Crippen molar-refractivity contribution < 1.29 is 13.2 Å². The minimum absolute atomic E-state index is 0.0307. The second-order valence-corrected chi connectivity index (χ2v) is 11.5. The van der Waals surface area contributed by atoms with Crippen LogP contribution in [-0.2, 0) is 16.6 Å². The Hall–Kier alpha value is -4.65. The van der Waals surface area contributed by atoms with Crippen molar-refractivity contribution in [3.05, 3.63) is 120 Å². The number of primary sulfonamides is 1. The van der Waals surface area contributed by atoms with E-state index in [1.165, 1.54) is 27.9 Å². The van der Waals surface area contributed by atoms with Gasteiger partial charge in [0.25, 0.3) is 0 Å². The summed E-state index contributed by atoms with van der Waals surface area (Å²) in [6, 6.07) is 29.2. The van der Waals surface area contributed by atoms with Crippen molar-refractivity contribution in [3.63, 3.8) is 0 Å². The second-order valence-electron chi connectivity index (χ2n) is 9.92. The van der Waals surface area contributed by atoms with Crippen LogP contribution in [0.2, 0.25) is 0 Å². The lowest BCUT2D eigenvalue weighted by Gasteiger charge is -2.39. The molecule has 214 valence electrons. The number of rotatable bonds is 9. The largest absolute Gasteiger partial charge is 0.471 e. The highest BCUT2D eigenvalue weighted by atomic mass is 32.2. The summed E-state index contributed by atoms with van der Waals surface area (Å²) in [4.78, 5) is 13.9. The number of benzene rings is 3. The number of piperazine rings is 1. The van der Waals surface area contributed by atoms with Crippen LogP contribution in [-0.4, -0.2) is 64.5 Å². The van der Waals surface area contributed by atoms with E-state index in [1.54, 1.807) is 30.6 Å². The monoisotopic (exact) mass is 582 g/mol. The minimum atomic E-state index is -3.76. The van der Waals surface area contributed by atoms with E-state index in [2.05, 4.69) is 90.7 Å². The van der Waals surface area contributed by atoms with Gasteiger partial charge in [-0.15, -0.1) is 5.10 Å². The van der Waals surface area contributed by atoms with Crippen LogP contribution in [0.5, 0.6) is 5.88 Å². The number of ether oxygens (including phenoxy) is 1. The number of hydrogen-bond acceptors (Lipinski definition) is 9. The van der Waals surface area contributed by atoms with Crippen molar-refractivity contribution >= 4 is 16.0 Å². The molecule has 0 atom stereocenters. The highest BCUT2D eigenvalue weighted by molar-refractivity contribution is 7.89. The van der Waals surface area contributed by atoms with Gasteiger partial charge >= 0.3 is 0 Å². The molecule has 1 saturated heterocycles. The van der Waals surface area contributed by atoms with E-state index in [-0.39, 0.29) is 17.5 Å². The molecule has 0 amide bonds. The minimum Gasteiger partial charge on any atom is -0.471 e. The smallest absolute Gasteiger partial charge is 0.238 e. The van der Waals surface area contributed by atoms with Crippen molar-refractivity contribution in [2.24, 2.45) is 5.14 Å². The van der Waals surface area contributed by atoms with Crippen LogP contribution in [0.3, 0.4) is 0 Å². The molecule has 0 spiro atoms. The Bertz CT molecular complexity index is 1680. The zero-order valence-electron chi connectivity index (χ0n) is 22.8. The van der Waals surface area contributed by atoms with Crippen LogP contribution < -0.4 is 14.8 Å². The van der Waals surface area contributed by atoms with Crippen molar-refractivity contribution in [2.75, 3.05) is 31.1 Å². The Balaban J connectivity index is 1.08. The molecule has 0 bridgehead atoms. The van der Waals surface area contributed by atoms with Crippen LogP contribution in [0.1, 0.15) is 22.9 Å². The number of anilines is 1. The van der Waals surface area contributed by atoms with Crippen LogP contribution in [0, 0.1) is 0 Å². The van der Waals surface area contributed by atoms with Crippen molar-refractivity contribution in [1.82, 2.24) is 29.9 Å². The first kappa shape index (κ1) is 27.5. The number of sulfonamides is 1. The molecule has 0 aliphatic carbocycles. The van der Waals surface area contributed by atoms with E-state index in [4.69, 9.17) is 9.88 Å². The summed E-state index contributed by atoms with van der Waals surface area (Å²) in [5.41, 5.74) is 3.79. The molecule has 12 heteroatoms. The van der Waals surface area contributed by atoms with Gasteiger partial charge in [-0.3, -0.25) is 4.90 Å². The first-order valence-electron chi connectivity index (χ1n) is 13.5. The first-order valence-corrected chi connectivity index (χ1v) is 15.1. The molecule has 42 heavy (non-hydrogen) atoms. The molecular formula is C30H30N8O3S. The second kappa shape index (κ2) is 12.1. The van der Waals surface area contributed by atoms with Gasteiger partial charge in [-0.1, -0.05) is 65.9 Å². The highest BCUT2D eigenvalue weighted by Gasteiger charge is 2.27. The van der Waals surface area contributed by atoms with Gasteiger partial charge in [-0.2, -0.15) is 4.98 Å². The third-order valence-corrected chi connectivity index (χ3v) is 8.08. The lowest BCUT2D eigenvalue weighted by molar-refractivity contribution is 0.211. The molecule has 0 unspecified atom stereocenters. The van der Waals surface area contributed by atoms with Crippen LogP contribution in [0.25, 0.3) is 5.69 Å². The Morgan fingerprint density at radius 2 is 1.48 bits per heavy atom. The average Bonchev–Trinajstić information content (AvgIpc) is 3.51. The maximum Gasteiger partial charge on any atom is 0.238 e. The topological polar surface area (TPSA) is 132 Å². The molecule has 1 aliphatic heterocycles. The summed E-state index contributed by atoms with van der Waals surface area (Å²) in [5.74, 6) is 1.07. The summed E-state index contributed by atoms with van der Waals surface area (Å²) >= 11 is 0. The lowest BCUT2D eigenvalue weighted by atomic mass is 9.96. The number of hydrogen-bond donors (Lipinski definition) is 1. The van der Waals surface area contributed by atoms with Crippen LogP contribution in [0.4, 0.5) is 5.95 Å². The van der Waals surface area contributed by atoms with E-state index < -0.39 is 10.0 Å². The quantitative estimate of drug-likeness (QED) is 0.278. The van der Waals surface area contributed by atoms with Gasteiger partial charge in [0.05, 0.1) is 22.8 Å².